The van der Waals surface area contributed by atoms with Gasteiger partial charge in [-0.2, -0.15) is 0 Å². The van der Waals surface area contributed by atoms with Crippen LogP contribution in [-0.4, -0.2) is 10.9 Å². The number of aryl methyl sites for hydroxylation is 1. The Kier molecular flexibility index (Phi) is 5.40. The van der Waals surface area contributed by atoms with Gasteiger partial charge < -0.3 is 9.73 Å². The smallest absolute Gasteiger partial charge is 0.257 e. The molecule has 0 unspecified atom stereocenters. The first-order chi connectivity index (χ1) is 14.2. The van der Waals surface area contributed by atoms with Crippen molar-refractivity contribution in [2.45, 2.75) is 6.92 Å². The van der Waals surface area contributed by atoms with E-state index in [9.17, 15) is 13.6 Å². The van der Waals surface area contributed by atoms with Crippen molar-refractivity contribution in [1.82, 2.24) is 4.98 Å². The number of aromatic nitrogens is 1. The van der Waals surface area contributed by atoms with Crippen LogP contribution in [0.4, 0.5) is 14.5 Å². The van der Waals surface area contributed by atoms with Crippen molar-refractivity contribution in [3.05, 3.63) is 80.6 Å². The summed E-state index contributed by atoms with van der Waals surface area (Å²) in [4.78, 5) is 16.9. The number of oxazole rings is 1. The molecule has 0 saturated heterocycles. The van der Waals surface area contributed by atoms with Crippen LogP contribution < -0.4 is 5.32 Å². The Hall–Kier alpha value is -2.67. The van der Waals surface area contributed by atoms with Gasteiger partial charge in [-0.3, -0.25) is 4.79 Å². The summed E-state index contributed by atoms with van der Waals surface area (Å²) in [5.74, 6) is -1.51. The summed E-state index contributed by atoms with van der Waals surface area (Å²) in [6.45, 7) is 1.67. The van der Waals surface area contributed by atoms with Crippen molar-refractivity contribution in [3.8, 4) is 11.1 Å². The second-order valence-corrected chi connectivity index (χ2v) is 7.65. The van der Waals surface area contributed by atoms with Gasteiger partial charge in [0.05, 0.1) is 20.6 Å². The van der Waals surface area contributed by atoms with Gasteiger partial charge in [-0.05, 0) is 42.5 Å². The van der Waals surface area contributed by atoms with Crippen molar-refractivity contribution in [1.29, 1.82) is 0 Å². The molecule has 3 aromatic carbocycles. The van der Waals surface area contributed by atoms with Crippen LogP contribution in [0.5, 0.6) is 0 Å². The number of hydrogen-bond donors (Lipinski definition) is 1. The highest BCUT2D eigenvalue weighted by Crippen LogP contribution is 2.34. The van der Waals surface area contributed by atoms with E-state index in [0.717, 1.165) is 18.2 Å². The van der Waals surface area contributed by atoms with E-state index in [0.29, 0.717) is 22.7 Å². The SMILES string of the molecule is Cc1nc2cc(NC(=O)c3cc(F)c(-c4ccc(F)cc4Cl)cc3Cl)cc(Cl)c2o1. The van der Waals surface area contributed by atoms with Gasteiger partial charge in [0.2, 0.25) is 0 Å². The van der Waals surface area contributed by atoms with E-state index in [1.54, 1.807) is 13.0 Å². The highest BCUT2D eigenvalue weighted by Gasteiger charge is 2.19. The standard InChI is InChI=1S/C21H11Cl3F2N2O2/c1-9-27-19-6-11(5-17(24)20(19)30-9)28-21(29)14-8-18(26)13(7-16(14)23)12-3-2-10(25)4-15(12)22/h2-8H,1H3,(H,28,29). The summed E-state index contributed by atoms with van der Waals surface area (Å²) in [5, 5.41) is 2.90. The Bertz CT molecular complexity index is 1320. The quantitative estimate of drug-likeness (QED) is 0.344. The number of benzene rings is 3. The molecule has 0 radical (unpaired) electrons. The molecule has 1 N–H and O–H groups in total. The van der Waals surface area contributed by atoms with Gasteiger partial charge in [-0.1, -0.05) is 34.8 Å². The van der Waals surface area contributed by atoms with Crippen LogP contribution in [0.15, 0.2) is 46.9 Å². The first-order valence-corrected chi connectivity index (χ1v) is 9.69. The van der Waals surface area contributed by atoms with Gasteiger partial charge in [-0.15, -0.1) is 0 Å². The third-order valence-electron chi connectivity index (χ3n) is 4.33. The molecule has 4 aromatic rings. The summed E-state index contributed by atoms with van der Waals surface area (Å²) >= 11 is 18.4. The Morgan fingerprint density at radius 2 is 1.73 bits per heavy atom. The van der Waals surface area contributed by atoms with Gasteiger partial charge in [0.25, 0.3) is 5.91 Å². The zero-order valence-electron chi connectivity index (χ0n) is 15.2. The van der Waals surface area contributed by atoms with Crippen LogP contribution in [0.2, 0.25) is 15.1 Å². The van der Waals surface area contributed by atoms with Crippen molar-refractivity contribution >= 4 is 57.5 Å². The molecule has 0 spiro atoms. The van der Waals surface area contributed by atoms with Crippen LogP contribution in [0, 0.1) is 18.6 Å². The van der Waals surface area contributed by atoms with Crippen LogP contribution in [0.1, 0.15) is 16.2 Å². The number of halogens is 5. The molecule has 4 nitrogen and oxygen atoms in total. The van der Waals surface area contributed by atoms with Crippen molar-refractivity contribution < 1.29 is 18.0 Å². The van der Waals surface area contributed by atoms with E-state index in [4.69, 9.17) is 39.2 Å². The van der Waals surface area contributed by atoms with E-state index in [1.165, 1.54) is 18.2 Å². The maximum absolute atomic E-state index is 14.7. The molecular weight excluding hydrogens is 457 g/mol. The fourth-order valence-electron chi connectivity index (χ4n) is 3.01. The Morgan fingerprint density at radius 3 is 2.47 bits per heavy atom. The molecule has 0 fully saturated rings. The van der Waals surface area contributed by atoms with E-state index >= 15 is 0 Å². The zero-order valence-corrected chi connectivity index (χ0v) is 17.5. The summed E-state index contributed by atoms with van der Waals surface area (Å²) in [6.07, 6.45) is 0. The Morgan fingerprint density at radius 1 is 0.967 bits per heavy atom. The normalized spacial score (nSPS) is 11.1. The molecule has 30 heavy (non-hydrogen) atoms. The first-order valence-electron chi connectivity index (χ1n) is 8.55. The van der Waals surface area contributed by atoms with Crippen LogP contribution in [0.25, 0.3) is 22.2 Å². The minimum atomic E-state index is -0.737. The molecule has 9 heteroatoms. The molecule has 1 heterocycles. The predicted molar refractivity (Wildman–Crippen MR) is 114 cm³/mol. The van der Waals surface area contributed by atoms with Crippen molar-refractivity contribution in [3.63, 3.8) is 0 Å². The maximum atomic E-state index is 14.7. The molecule has 0 aliphatic carbocycles. The lowest BCUT2D eigenvalue weighted by molar-refractivity contribution is 0.102. The number of anilines is 1. The fourth-order valence-corrected chi connectivity index (χ4v) is 3.78. The molecule has 0 aliphatic heterocycles. The second-order valence-electron chi connectivity index (χ2n) is 6.43. The van der Waals surface area contributed by atoms with Gasteiger partial charge in [0.15, 0.2) is 11.5 Å². The maximum Gasteiger partial charge on any atom is 0.257 e. The number of nitrogens with one attached hydrogen (secondary N) is 1. The number of hydrogen-bond acceptors (Lipinski definition) is 3. The topological polar surface area (TPSA) is 55.1 Å². The second kappa shape index (κ2) is 7.87. The summed E-state index contributed by atoms with van der Waals surface area (Å²) < 4.78 is 33.4. The van der Waals surface area contributed by atoms with Crippen molar-refractivity contribution in [2.75, 3.05) is 5.32 Å². The molecule has 0 atom stereocenters. The summed E-state index contributed by atoms with van der Waals surface area (Å²) in [7, 11) is 0. The third kappa shape index (κ3) is 3.86. The van der Waals surface area contributed by atoms with Gasteiger partial charge in [0.1, 0.15) is 17.2 Å². The molecule has 0 aliphatic rings. The lowest BCUT2D eigenvalue weighted by Crippen LogP contribution is -2.13. The van der Waals surface area contributed by atoms with Gasteiger partial charge in [0, 0.05) is 23.7 Å². The Balaban J connectivity index is 1.67. The van der Waals surface area contributed by atoms with E-state index in [2.05, 4.69) is 10.3 Å². The number of amides is 1. The van der Waals surface area contributed by atoms with E-state index in [-0.39, 0.29) is 31.8 Å². The first kappa shape index (κ1) is 20.6. The minimum Gasteiger partial charge on any atom is -0.439 e. The van der Waals surface area contributed by atoms with E-state index in [1.807, 2.05) is 0 Å². The fraction of sp³-hybridized carbons (Fsp3) is 0.0476. The summed E-state index contributed by atoms with van der Waals surface area (Å²) in [6, 6.07) is 8.88. The third-order valence-corrected chi connectivity index (χ3v) is 5.24. The zero-order chi connectivity index (χ0) is 21.6. The molecule has 152 valence electrons. The molecule has 1 aromatic heterocycles. The molecule has 0 bridgehead atoms. The Labute approximate surface area is 184 Å². The lowest BCUT2D eigenvalue weighted by Gasteiger charge is -2.11. The van der Waals surface area contributed by atoms with Crippen LogP contribution >= 0.6 is 34.8 Å². The van der Waals surface area contributed by atoms with Gasteiger partial charge in [-0.25, -0.2) is 13.8 Å². The highest BCUT2D eigenvalue weighted by molar-refractivity contribution is 6.36. The number of fused-ring (bicyclic) bond motifs is 1. The average molecular weight is 468 g/mol. The van der Waals surface area contributed by atoms with Crippen LogP contribution in [-0.2, 0) is 0 Å². The number of rotatable bonds is 3. The molecule has 4 rings (SSSR count). The minimum absolute atomic E-state index is 0.00579. The lowest BCUT2D eigenvalue weighted by atomic mass is 10.0. The summed E-state index contributed by atoms with van der Waals surface area (Å²) in [5.41, 5.74) is 1.41. The molecular formula is C21H11Cl3F2N2O2. The van der Waals surface area contributed by atoms with E-state index < -0.39 is 17.5 Å². The van der Waals surface area contributed by atoms with Crippen LogP contribution in [0.3, 0.4) is 0 Å². The molecule has 1 amide bonds. The van der Waals surface area contributed by atoms with Crippen molar-refractivity contribution in [2.24, 2.45) is 0 Å². The highest BCUT2D eigenvalue weighted by atomic mass is 35.5. The molecule has 0 saturated carbocycles. The largest absolute Gasteiger partial charge is 0.439 e. The van der Waals surface area contributed by atoms with Gasteiger partial charge >= 0.3 is 0 Å². The number of carbonyl (C=O) groups is 1. The predicted octanol–water partition coefficient (Wildman–Crippen LogP) is 7.29. The monoisotopic (exact) mass is 466 g/mol. The number of carbonyl (C=O) groups excluding carboxylic acids is 1. The number of nitrogens with zero attached hydrogens (tertiary/aromatic N) is 1. The average Bonchev–Trinajstić information content (AvgIpc) is 3.04.